The quantitative estimate of drug-likeness (QED) is 0.470. The third kappa shape index (κ3) is 4.10. The Labute approximate surface area is 180 Å². The van der Waals surface area contributed by atoms with E-state index in [0.29, 0.717) is 10.2 Å². The molecule has 0 bridgehead atoms. The Morgan fingerprint density at radius 1 is 1.03 bits per heavy atom. The van der Waals surface area contributed by atoms with E-state index in [1.807, 2.05) is 12.1 Å². The Kier molecular flexibility index (Phi) is 5.65. The van der Waals surface area contributed by atoms with Crippen LogP contribution in [0.5, 0.6) is 0 Å². The van der Waals surface area contributed by atoms with Gasteiger partial charge in [0.15, 0.2) is 0 Å². The summed E-state index contributed by atoms with van der Waals surface area (Å²) in [5.74, 6) is -1.06. The van der Waals surface area contributed by atoms with Gasteiger partial charge in [-0.25, -0.2) is 4.39 Å². The lowest BCUT2D eigenvalue weighted by Crippen LogP contribution is -2.31. The molecule has 0 aliphatic rings. The third-order valence-electron chi connectivity index (χ3n) is 4.50. The summed E-state index contributed by atoms with van der Waals surface area (Å²) in [6.07, 6.45) is 4.91. The molecular weight excluding hydrogens is 413 g/mol. The zero-order chi connectivity index (χ0) is 21.8. The van der Waals surface area contributed by atoms with Crippen molar-refractivity contribution >= 4 is 28.8 Å². The lowest BCUT2D eigenvalue weighted by atomic mass is 10.1. The molecule has 5 nitrogen and oxygen atoms in total. The molecule has 31 heavy (non-hydrogen) atoms. The fraction of sp³-hybridized carbons (Fsp3) is 0. The number of halogens is 1. The van der Waals surface area contributed by atoms with Crippen LogP contribution in [0, 0.1) is 17.1 Å². The van der Waals surface area contributed by atoms with Crippen LogP contribution in [0.15, 0.2) is 83.9 Å². The van der Waals surface area contributed by atoms with Gasteiger partial charge >= 0.3 is 0 Å². The number of benzene rings is 2. The molecule has 0 atom stereocenters. The molecule has 0 unspecified atom stereocenters. The fourth-order valence-electron chi connectivity index (χ4n) is 3.01. The highest BCUT2D eigenvalue weighted by molar-refractivity contribution is 7.07. The summed E-state index contributed by atoms with van der Waals surface area (Å²) in [4.78, 5) is 30.3. The number of para-hydroxylation sites is 1. The van der Waals surface area contributed by atoms with E-state index in [0.717, 1.165) is 29.0 Å². The summed E-state index contributed by atoms with van der Waals surface area (Å²) in [6, 6.07) is 19.2. The minimum Gasteiger partial charge on any atom is -0.288 e. The number of pyridine rings is 1. The van der Waals surface area contributed by atoms with Gasteiger partial charge in [0.25, 0.3) is 5.56 Å². The van der Waals surface area contributed by atoms with Crippen LogP contribution in [-0.2, 0) is 0 Å². The van der Waals surface area contributed by atoms with Crippen LogP contribution in [-0.4, -0.2) is 15.3 Å². The van der Waals surface area contributed by atoms with Crippen LogP contribution in [0.25, 0.3) is 17.3 Å². The van der Waals surface area contributed by atoms with Gasteiger partial charge in [-0.1, -0.05) is 18.2 Å². The SMILES string of the molecule is N#C/C(C(=O)c1ccc(F)cc1)=c1/s/c(=C\c2ccncc2)c(=O)n1-c1ccccc1. The Hall–Kier alpha value is -4.15. The number of aromatic nitrogens is 2. The Balaban J connectivity index is 2.04. The van der Waals surface area contributed by atoms with Crippen molar-refractivity contribution < 1.29 is 9.18 Å². The van der Waals surface area contributed by atoms with Crippen LogP contribution in [0.3, 0.4) is 0 Å². The smallest absolute Gasteiger partial charge is 0.273 e. The van der Waals surface area contributed by atoms with Crippen molar-refractivity contribution in [2.24, 2.45) is 0 Å². The number of thiazole rings is 1. The van der Waals surface area contributed by atoms with Crippen molar-refractivity contribution in [3.63, 3.8) is 0 Å². The first kappa shape index (κ1) is 20.1. The molecule has 2 heterocycles. The second kappa shape index (κ2) is 8.69. The number of nitrogens with zero attached hydrogens (tertiary/aromatic N) is 3. The Morgan fingerprint density at radius 2 is 1.71 bits per heavy atom. The number of carbonyl (C=O) groups excluding carboxylic acids is 1. The summed E-state index contributed by atoms with van der Waals surface area (Å²) in [7, 11) is 0. The Morgan fingerprint density at radius 3 is 2.35 bits per heavy atom. The van der Waals surface area contributed by atoms with Gasteiger partial charge in [-0.2, -0.15) is 5.26 Å². The molecule has 0 spiro atoms. The first-order valence-electron chi connectivity index (χ1n) is 9.22. The standard InChI is InChI=1S/C24H14FN3O2S/c25-18-8-6-17(7-9-18)22(29)20(15-26)24-28(19-4-2-1-3-5-19)23(30)21(31-24)14-16-10-12-27-13-11-16/h1-14H/b21-14-,24-20-. The topological polar surface area (TPSA) is 75.8 Å². The normalized spacial score (nSPS) is 12.3. The maximum atomic E-state index is 13.3. The van der Waals surface area contributed by atoms with E-state index in [2.05, 4.69) is 4.98 Å². The minimum absolute atomic E-state index is 0.165. The summed E-state index contributed by atoms with van der Waals surface area (Å²) in [5, 5.41) is 9.82. The zero-order valence-corrected chi connectivity index (χ0v) is 16.8. The number of hydrogen-bond acceptors (Lipinski definition) is 5. The summed E-state index contributed by atoms with van der Waals surface area (Å²) in [6.45, 7) is 0. The van der Waals surface area contributed by atoms with Gasteiger partial charge in [0.05, 0.1) is 10.2 Å². The van der Waals surface area contributed by atoms with E-state index in [4.69, 9.17) is 0 Å². The average molecular weight is 427 g/mol. The molecule has 0 fully saturated rings. The van der Waals surface area contributed by atoms with Crippen molar-refractivity contribution in [3.8, 4) is 11.8 Å². The highest BCUT2D eigenvalue weighted by Gasteiger charge is 2.18. The van der Waals surface area contributed by atoms with Crippen molar-refractivity contribution in [2.45, 2.75) is 0 Å². The lowest BCUT2D eigenvalue weighted by Gasteiger charge is -2.03. The van der Waals surface area contributed by atoms with E-state index in [1.165, 1.54) is 16.7 Å². The molecule has 0 radical (unpaired) electrons. The second-order valence-electron chi connectivity index (χ2n) is 6.50. The molecule has 4 aromatic rings. The number of hydrogen-bond donors (Lipinski definition) is 0. The molecule has 0 saturated carbocycles. The van der Waals surface area contributed by atoms with Gasteiger partial charge in [0.1, 0.15) is 22.1 Å². The molecular formula is C24H14FN3O2S. The van der Waals surface area contributed by atoms with Crippen molar-refractivity contribution in [3.05, 3.63) is 116 Å². The van der Waals surface area contributed by atoms with Crippen LogP contribution >= 0.6 is 11.3 Å². The number of ketones is 1. The average Bonchev–Trinajstić information content (AvgIpc) is 3.11. The molecule has 0 N–H and O–H groups in total. The van der Waals surface area contributed by atoms with E-state index >= 15 is 0 Å². The van der Waals surface area contributed by atoms with E-state index in [1.54, 1.807) is 54.9 Å². The monoisotopic (exact) mass is 427 g/mol. The number of Topliss-reactive ketones (excluding diaryl/α,β-unsaturated/α-hetero) is 1. The van der Waals surface area contributed by atoms with E-state index in [9.17, 15) is 19.2 Å². The van der Waals surface area contributed by atoms with Crippen LogP contribution < -0.4 is 14.8 Å². The summed E-state index contributed by atoms with van der Waals surface area (Å²) < 4.78 is 15.2. The number of nitriles is 1. The maximum Gasteiger partial charge on any atom is 0.273 e. The van der Waals surface area contributed by atoms with Gasteiger partial charge in [0.2, 0.25) is 5.78 Å². The molecule has 2 aromatic heterocycles. The van der Waals surface area contributed by atoms with Gasteiger partial charge in [-0.3, -0.25) is 19.1 Å². The van der Waals surface area contributed by atoms with Crippen LogP contribution in [0.4, 0.5) is 4.39 Å². The van der Waals surface area contributed by atoms with Crippen molar-refractivity contribution in [2.75, 3.05) is 0 Å². The van der Waals surface area contributed by atoms with Gasteiger partial charge in [0, 0.05) is 18.0 Å². The van der Waals surface area contributed by atoms with Crippen LogP contribution in [0.2, 0.25) is 0 Å². The van der Waals surface area contributed by atoms with E-state index in [-0.39, 0.29) is 21.4 Å². The van der Waals surface area contributed by atoms with E-state index < -0.39 is 11.6 Å². The van der Waals surface area contributed by atoms with Gasteiger partial charge < -0.3 is 0 Å². The van der Waals surface area contributed by atoms with Crippen molar-refractivity contribution in [1.82, 2.24) is 9.55 Å². The predicted octanol–water partition coefficient (Wildman–Crippen LogP) is 2.82. The van der Waals surface area contributed by atoms with Gasteiger partial charge in [-0.05, 0) is 60.2 Å². The molecule has 0 saturated heterocycles. The zero-order valence-electron chi connectivity index (χ0n) is 16.0. The molecule has 150 valence electrons. The fourth-order valence-corrected chi connectivity index (χ4v) is 4.12. The number of rotatable bonds is 4. The maximum absolute atomic E-state index is 13.3. The predicted molar refractivity (Wildman–Crippen MR) is 117 cm³/mol. The van der Waals surface area contributed by atoms with Gasteiger partial charge in [-0.15, -0.1) is 11.3 Å². The third-order valence-corrected chi connectivity index (χ3v) is 5.59. The highest BCUT2D eigenvalue weighted by atomic mass is 32.1. The number of carbonyl (C=O) groups is 1. The summed E-state index contributed by atoms with van der Waals surface area (Å²) in [5.41, 5.74) is 0.934. The molecule has 0 amide bonds. The summed E-state index contributed by atoms with van der Waals surface area (Å²) >= 11 is 1.05. The first-order valence-corrected chi connectivity index (χ1v) is 10.0. The second-order valence-corrected chi connectivity index (χ2v) is 7.53. The highest BCUT2D eigenvalue weighted by Crippen LogP contribution is 2.11. The molecule has 7 heteroatoms. The van der Waals surface area contributed by atoms with Crippen LogP contribution in [0.1, 0.15) is 15.9 Å². The Bertz CT molecular complexity index is 1470. The molecule has 0 aliphatic heterocycles. The molecule has 4 rings (SSSR count). The minimum atomic E-state index is -0.580. The lowest BCUT2D eigenvalue weighted by molar-refractivity contribution is 0.105. The van der Waals surface area contributed by atoms with Crippen molar-refractivity contribution in [1.29, 1.82) is 5.26 Å². The molecule has 2 aromatic carbocycles. The molecule has 0 aliphatic carbocycles. The largest absolute Gasteiger partial charge is 0.288 e. The first-order chi connectivity index (χ1) is 15.1.